The van der Waals surface area contributed by atoms with E-state index in [9.17, 15) is 18.0 Å². The van der Waals surface area contributed by atoms with E-state index in [2.05, 4.69) is 9.71 Å². The van der Waals surface area contributed by atoms with Crippen LogP contribution in [-0.2, 0) is 19.6 Å². The maximum absolute atomic E-state index is 12.7. The molecule has 2 N–H and O–H groups in total. The smallest absolute Gasteiger partial charge is 0.337 e. The molecule has 1 aromatic heterocycles. The van der Waals surface area contributed by atoms with Crippen LogP contribution >= 0.6 is 11.6 Å². The SMILES string of the molecule is CC(C)(C)OC(=O)CCCCCCCCCCCCCCCOc1ccc(S(=O)(=O)Nc2ccc(C(=O)O)cn2)cc1Cl. The van der Waals surface area contributed by atoms with Gasteiger partial charge in [0, 0.05) is 12.6 Å². The van der Waals surface area contributed by atoms with Crippen molar-refractivity contribution in [2.24, 2.45) is 0 Å². The Morgan fingerprint density at radius 3 is 1.91 bits per heavy atom. The van der Waals surface area contributed by atoms with Gasteiger partial charge in [-0.05, 0) is 63.9 Å². The number of benzene rings is 1. The number of nitrogens with zero attached hydrogens (tertiary/aromatic N) is 1. The van der Waals surface area contributed by atoms with Crippen LogP contribution in [0.25, 0.3) is 0 Å². The number of nitrogens with one attached hydrogen (secondary N) is 1. The number of carbonyl (C=O) groups excluding carboxylic acids is 1. The molecule has 0 aliphatic rings. The van der Waals surface area contributed by atoms with E-state index in [1.54, 1.807) is 0 Å². The van der Waals surface area contributed by atoms with Crippen molar-refractivity contribution >= 4 is 39.4 Å². The average Bonchev–Trinajstić information content (AvgIpc) is 2.92. The molecule has 0 aliphatic carbocycles. The van der Waals surface area contributed by atoms with Gasteiger partial charge in [-0.2, -0.15) is 0 Å². The zero-order valence-electron chi connectivity index (χ0n) is 25.7. The van der Waals surface area contributed by atoms with Crippen LogP contribution in [0.4, 0.5) is 5.82 Å². The van der Waals surface area contributed by atoms with Crippen LogP contribution in [0.5, 0.6) is 5.75 Å². The van der Waals surface area contributed by atoms with E-state index in [4.69, 9.17) is 26.2 Å². The third-order valence-electron chi connectivity index (χ3n) is 6.67. The number of aromatic nitrogens is 1. The fraction of sp³-hybridized carbons (Fsp3) is 0.594. The Morgan fingerprint density at radius 1 is 0.860 bits per heavy atom. The number of carbonyl (C=O) groups is 2. The monoisotopic (exact) mass is 638 g/mol. The van der Waals surface area contributed by atoms with Gasteiger partial charge in [0.05, 0.1) is 22.1 Å². The van der Waals surface area contributed by atoms with Crippen LogP contribution in [0.15, 0.2) is 41.4 Å². The molecular formula is C32H47ClN2O7S. The van der Waals surface area contributed by atoms with E-state index in [1.807, 2.05) is 20.8 Å². The summed E-state index contributed by atoms with van der Waals surface area (Å²) >= 11 is 6.27. The molecule has 43 heavy (non-hydrogen) atoms. The quantitative estimate of drug-likeness (QED) is 0.103. The van der Waals surface area contributed by atoms with Crippen LogP contribution in [0.3, 0.4) is 0 Å². The van der Waals surface area contributed by atoms with Gasteiger partial charge in [0.1, 0.15) is 17.2 Å². The summed E-state index contributed by atoms with van der Waals surface area (Å²) < 4.78 is 38.7. The number of unbranched alkanes of at least 4 members (excludes halogenated alkanes) is 12. The van der Waals surface area contributed by atoms with Gasteiger partial charge in [0.15, 0.2) is 0 Å². The van der Waals surface area contributed by atoms with Crippen molar-refractivity contribution < 1.29 is 32.6 Å². The van der Waals surface area contributed by atoms with Crippen molar-refractivity contribution in [3.05, 3.63) is 47.1 Å². The van der Waals surface area contributed by atoms with Crippen molar-refractivity contribution in [2.75, 3.05) is 11.3 Å². The van der Waals surface area contributed by atoms with E-state index in [0.29, 0.717) is 18.8 Å². The summed E-state index contributed by atoms with van der Waals surface area (Å²) in [7, 11) is -3.96. The topological polar surface area (TPSA) is 132 Å². The summed E-state index contributed by atoms with van der Waals surface area (Å²) in [5.41, 5.74) is -0.441. The molecule has 1 heterocycles. The van der Waals surface area contributed by atoms with Crippen LogP contribution in [0, 0.1) is 0 Å². The highest BCUT2D eigenvalue weighted by atomic mass is 35.5. The zero-order valence-corrected chi connectivity index (χ0v) is 27.3. The number of carboxylic acids is 1. The largest absolute Gasteiger partial charge is 0.492 e. The van der Waals surface area contributed by atoms with Gasteiger partial charge in [-0.3, -0.25) is 9.52 Å². The summed E-state index contributed by atoms with van der Waals surface area (Å²) in [4.78, 5) is 26.4. The molecule has 0 amide bonds. The van der Waals surface area contributed by atoms with Gasteiger partial charge in [-0.15, -0.1) is 0 Å². The number of aromatic carboxylic acids is 1. The molecule has 0 unspecified atom stereocenters. The first-order valence-corrected chi connectivity index (χ1v) is 17.1. The molecule has 1 aromatic carbocycles. The molecule has 0 fully saturated rings. The molecule has 0 bridgehead atoms. The van der Waals surface area contributed by atoms with E-state index in [1.165, 1.54) is 81.7 Å². The maximum atomic E-state index is 12.7. The fourth-order valence-corrected chi connectivity index (χ4v) is 5.77. The van der Waals surface area contributed by atoms with Gasteiger partial charge >= 0.3 is 11.9 Å². The second-order valence-corrected chi connectivity index (χ2v) is 13.8. The third kappa shape index (κ3) is 15.4. The Hall–Kier alpha value is -2.85. The molecule has 11 heteroatoms. The molecule has 2 aromatic rings. The van der Waals surface area contributed by atoms with E-state index >= 15 is 0 Å². The molecule has 2 rings (SSSR count). The Bertz CT molecular complexity index is 1250. The summed E-state index contributed by atoms with van der Waals surface area (Å²) in [6, 6.07) is 6.80. The molecule has 0 aliphatic heterocycles. The first-order chi connectivity index (χ1) is 20.4. The number of hydrogen-bond acceptors (Lipinski definition) is 7. The van der Waals surface area contributed by atoms with Crippen molar-refractivity contribution in [1.29, 1.82) is 0 Å². The molecular weight excluding hydrogens is 592 g/mol. The number of anilines is 1. The molecule has 0 saturated heterocycles. The lowest BCUT2D eigenvalue weighted by Gasteiger charge is -2.19. The molecule has 0 atom stereocenters. The second kappa shape index (κ2) is 18.7. The number of sulfonamides is 1. The van der Waals surface area contributed by atoms with Crippen LogP contribution in [0.1, 0.15) is 121 Å². The highest BCUT2D eigenvalue weighted by Gasteiger charge is 2.18. The Labute approximate surface area is 261 Å². The lowest BCUT2D eigenvalue weighted by molar-refractivity contribution is -0.154. The van der Waals surface area contributed by atoms with Gasteiger partial charge in [-0.1, -0.05) is 82.2 Å². The number of hydrogen-bond donors (Lipinski definition) is 2. The molecule has 0 spiro atoms. The lowest BCUT2D eigenvalue weighted by atomic mass is 10.0. The minimum Gasteiger partial charge on any atom is -0.492 e. The van der Waals surface area contributed by atoms with Gasteiger partial charge in [0.2, 0.25) is 0 Å². The van der Waals surface area contributed by atoms with Crippen molar-refractivity contribution in [2.45, 2.75) is 121 Å². The van der Waals surface area contributed by atoms with Crippen LogP contribution in [-0.4, -0.2) is 42.7 Å². The van der Waals surface area contributed by atoms with Gasteiger partial charge in [-0.25, -0.2) is 18.2 Å². The summed E-state index contributed by atoms with van der Waals surface area (Å²) in [5, 5.41) is 9.13. The van der Waals surface area contributed by atoms with E-state index < -0.39 is 21.6 Å². The van der Waals surface area contributed by atoms with Crippen molar-refractivity contribution in [1.82, 2.24) is 4.98 Å². The highest BCUT2D eigenvalue weighted by molar-refractivity contribution is 7.92. The second-order valence-electron chi connectivity index (χ2n) is 11.7. The number of ether oxygens (including phenoxy) is 2. The van der Waals surface area contributed by atoms with Crippen LogP contribution < -0.4 is 9.46 Å². The predicted molar refractivity (Wildman–Crippen MR) is 169 cm³/mol. The Balaban J connectivity index is 1.50. The number of pyridine rings is 1. The summed E-state index contributed by atoms with van der Waals surface area (Å²) in [5.74, 6) is -0.818. The normalized spacial score (nSPS) is 11.7. The Morgan fingerprint density at radius 2 is 1.42 bits per heavy atom. The van der Waals surface area contributed by atoms with Crippen molar-refractivity contribution in [3.8, 4) is 5.75 Å². The number of carboxylic acid groups (broad SMARTS) is 1. The molecule has 0 saturated carbocycles. The Kier molecular flexibility index (Phi) is 15.8. The first kappa shape index (κ1) is 36.3. The molecule has 9 nitrogen and oxygen atoms in total. The average molecular weight is 639 g/mol. The minimum absolute atomic E-state index is 0.00155. The van der Waals surface area contributed by atoms with E-state index in [0.717, 1.165) is 38.3 Å². The lowest BCUT2D eigenvalue weighted by Crippen LogP contribution is -2.23. The van der Waals surface area contributed by atoms with Crippen molar-refractivity contribution in [3.63, 3.8) is 0 Å². The van der Waals surface area contributed by atoms with Gasteiger partial charge < -0.3 is 14.6 Å². The molecule has 0 radical (unpaired) electrons. The minimum atomic E-state index is -3.96. The first-order valence-electron chi connectivity index (χ1n) is 15.2. The molecule has 240 valence electrons. The predicted octanol–water partition coefficient (Wildman–Crippen LogP) is 8.42. The number of rotatable bonds is 21. The van der Waals surface area contributed by atoms with Crippen LogP contribution in [0.2, 0.25) is 5.02 Å². The zero-order chi connectivity index (χ0) is 31.7. The van der Waals surface area contributed by atoms with E-state index in [-0.39, 0.29) is 27.3 Å². The van der Waals surface area contributed by atoms with Gasteiger partial charge in [0.25, 0.3) is 10.0 Å². The third-order valence-corrected chi connectivity index (χ3v) is 8.31. The standard InChI is InChI=1S/C32H47ClN2O7S/c1-32(2,3)42-30(36)17-15-13-11-9-7-5-4-6-8-10-12-14-16-22-41-28-20-19-26(23-27(28)33)43(39,40)35-29-21-18-25(24-34-29)31(37)38/h18-21,23-24H,4-17,22H2,1-3H3,(H,34,35)(H,37,38). The number of halogens is 1. The maximum Gasteiger partial charge on any atom is 0.337 e. The summed E-state index contributed by atoms with van der Waals surface area (Å²) in [6.07, 6.45) is 16.6. The highest BCUT2D eigenvalue weighted by Crippen LogP contribution is 2.28. The fourth-order valence-electron chi connectivity index (χ4n) is 4.43. The summed E-state index contributed by atoms with van der Waals surface area (Å²) in [6.45, 7) is 6.20. The number of esters is 1.